The summed E-state index contributed by atoms with van der Waals surface area (Å²) in [6.07, 6.45) is 8.88. The lowest BCUT2D eigenvalue weighted by molar-refractivity contribution is -0.134. The number of amides is 1. The number of carbonyl (C=O) groups excluding carboxylic acids is 1. The Morgan fingerprint density at radius 1 is 1.24 bits per heavy atom. The third-order valence-electron chi connectivity index (χ3n) is 6.32. The number of hydrogen-bond acceptors (Lipinski definition) is 3. The Kier molecular flexibility index (Phi) is 4.04. The highest BCUT2D eigenvalue weighted by molar-refractivity contribution is 5.74. The van der Waals surface area contributed by atoms with Crippen LogP contribution in [0.15, 0.2) is 0 Å². The molecule has 1 aliphatic carbocycles. The number of aliphatic hydroxyl groups is 1. The van der Waals surface area contributed by atoms with E-state index < -0.39 is 0 Å². The SMILES string of the molecule is CC(=O)N1CC2(CCN(C3CCCC3)CC2)C[C@@]1(C)CO. The molecule has 0 radical (unpaired) electrons. The zero-order valence-corrected chi connectivity index (χ0v) is 13.6. The summed E-state index contributed by atoms with van der Waals surface area (Å²) in [6, 6.07) is 0.817. The van der Waals surface area contributed by atoms with Crippen LogP contribution in [0.25, 0.3) is 0 Å². The molecule has 3 fully saturated rings. The summed E-state index contributed by atoms with van der Waals surface area (Å²) in [5.74, 6) is 0.113. The minimum atomic E-state index is -0.346. The first-order valence-electron chi connectivity index (χ1n) is 8.61. The quantitative estimate of drug-likeness (QED) is 0.847. The van der Waals surface area contributed by atoms with E-state index in [9.17, 15) is 9.90 Å². The Labute approximate surface area is 128 Å². The highest BCUT2D eigenvalue weighted by atomic mass is 16.3. The van der Waals surface area contributed by atoms with Crippen LogP contribution in [0, 0.1) is 5.41 Å². The molecule has 0 unspecified atom stereocenters. The van der Waals surface area contributed by atoms with Crippen molar-refractivity contribution < 1.29 is 9.90 Å². The number of carbonyl (C=O) groups is 1. The van der Waals surface area contributed by atoms with Gasteiger partial charge in [-0.1, -0.05) is 12.8 Å². The van der Waals surface area contributed by atoms with Gasteiger partial charge in [0.25, 0.3) is 0 Å². The molecule has 2 saturated heterocycles. The van der Waals surface area contributed by atoms with Crippen molar-refractivity contribution in [3.05, 3.63) is 0 Å². The van der Waals surface area contributed by atoms with Gasteiger partial charge in [0.2, 0.25) is 5.91 Å². The van der Waals surface area contributed by atoms with Gasteiger partial charge < -0.3 is 14.9 Å². The Balaban J connectivity index is 1.66. The first-order chi connectivity index (χ1) is 9.98. The summed E-state index contributed by atoms with van der Waals surface area (Å²) >= 11 is 0. The van der Waals surface area contributed by atoms with Gasteiger partial charge in [-0.3, -0.25) is 4.79 Å². The molecule has 0 bridgehead atoms. The number of likely N-dealkylation sites (tertiary alicyclic amines) is 2. The minimum absolute atomic E-state index is 0.0840. The van der Waals surface area contributed by atoms with E-state index in [0.29, 0.717) is 0 Å². The molecule has 1 spiro atoms. The zero-order valence-electron chi connectivity index (χ0n) is 13.6. The topological polar surface area (TPSA) is 43.8 Å². The molecule has 3 rings (SSSR count). The fraction of sp³-hybridized carbons (Fsp3) is 0.941. The predicted octanol–water partition coefficient (Wildman–Crippen LogP) is 2.01. The van der Waals surface area contributed by atoms with Crippen molar-refractivity contribution in [3.63, 3.8) is 0 Å². The average Bonchev–Trinajstić information content (AvgIpc) is 3.08. The molecule has 1 saturated carbocycles. The van der Waals surface area contributed by atoms with E-state index >= 15 is 0 Å². The molecule has 1 amide bonds. The maximum atomic E-state index is 11.9. The molecular formula is C17H30N2O2. The maximum absolute atomic E-state index is 11.9. The number of piperidine rings is 1. The lowest BCUT2D eigenvalue weighted by Gasteiger charge is -2.42. The van der Waals surface area contributed by atoms with E-state index in [4.69, 9.17) is 0 Å². The van der Waals surface area contributed by atoms with Crippen LogP contribution in [0.2, 0.25) is 0 Å². The van der Waals surface area contributed by atoms with Gasteiger partial charge >= 0.3 is 0 Å². The summed E-state index contributed by atoms with van der Waals surface area (Å²) in [7, 11) is 0. The van der Waals surface area contributed by atoms with E-state index in [-0.39, 0.29) is 23.5 Å². The van der Waals surface area contributed by atoms with Crippen molar-refractivity contribution in [3.8, 4) is 0 Å². The smallest absolute Gasteiger partial charge is 0.219 e. The fourth-order valence-corrected chi connectivity index (χ4v) is 5.09. The molecule has 0 aromatic rings. The number of nitrogens with zero attached hydrogens (tertiary/aromatic N) is 2. The second kappa shape index (κ2) is 5.54. The largest absolute Gasteiger partial charge is 0.394 e. The monoisotopic (exact) mass is 294 g/mol. The molecule has 4 heteroatoms. The average molecular weight is 294 g/mol. The van der Waals surface area contributed by atoms with E-state index in [1.54, 1.807) is 6.92 Å². The minimum Gasteiger partial charge on any atom is -0.394 e. The summed E-state index contributed by atoms with van der Waals surface area (Å²) in [6.45, 7) is 6.97. The lowest BCUT2D eigenvalue weighted by Crippen LogP contribution is -2.46. The Hall–Kier alpha value is -0.610. The van der Waals surface area contributed by atoms with Crippen molar-refractivity contribution in [2.24, 2.45) is 5.41 Å². The van der Waals surface area contributed by atoms with E-state index in [0.717, 1.165) is 19.0 Å². The second-order valence-electron chi connectivity index (χ2n) is 7.91. The molecule has 1 N–H and O–H groups in total. The van der Waals surface area contributed by atoms with Gasteiger partial charge in [0, 0.05) is 19.5 Å². The molecule has 4 nitrogen and oxygen atoms in total. The predicted molar refractivity (Wildman–Crippen MR) is 83.0 cm³/mol. The molecule has 2 heterocycles. The van der Waals surface area contributed by atoms with Gasteiger partial charge in [-0.15, -0.1) is 0 Å². The van der Waals surface area contributed by atoms with Crippen molar-refractivity contribution in [2.45, 2.75) is 70.4 Å². The molecule has 2 aliphatic heterocycles. The summed E-state index contributed by atoms with van der Waals surface area (Å²) < 4.78 is 0. The zero-order chi connectivity index (χ0) is 15.1. The fourth-order valence-electron chi connectivity index (χ4n) is 5.09. The third-order valence-corrected chi connectivity index (χ3v) is 6.32. The van der Waals surface area contributed by atoms with Gasteiger partial charge in [0.05, 0.1) is 12.1 Å². The molecule has 0 aromatic carbocycles. The van der Waals surface area contributed by atoms with Crippen molar-refractivity contribution in [1.29, 1.82) is 0 Å². The molecule has 21 heavy (non-hydrogen) atoms. The molecule has 3 aliphatic rings. The summed E-state index contributed by atoms with van der Waals surface area (Å²) in [5, 5.41) is 9.78. The van der Waals surface area contributed by atoms with Crippen LogP contribution < -0.4 is 0 Å². The highest BCUT2D eigenvalue weighted by Gasteiger charge is 2.52. The van der Waals surface area contributed by atoms with Crippen LogP contribution in [0.4, 0.5) is 0 Å². The highest BCUT2D eigenvalue weighted by Crippen LogP contribution is 2.48. The van der Waals surface area contributed by atoms with Crippen LogP contribution in [-0.4, -0.2) is 58.6 Å². The van der Waals surface area contributed by atoms with Crippen molar-refractivity contribution in [1.82, 2.24) is 9.80 Å². The van der Waals surface area contributed by atoms with Gasteiger partial charge in [-0.2, -0.15) is 0 Å². The third kappa shape index (κ3) is 2.72. The number of aliphatic hydroxyl groups excluding tert-OH is 1. The molecule has 0 aromatic heterocycles. The molecule has 120 valence electrons. The van der Waals surface area contributed by atoms with Crippen molar-refractivity contribution >= 4 is 5.91 Å². The van der Waals surface area contributed by atoms with E-state index in [1.807, 2.05) is 11.8 Å². The normalized spacial score (nSPS) is 34.0. The van der Waals surface area contributed by atoms with Gasteiger partial charge in [0.15, 0.2) is 0 Å². The summed E-state index contributed by atoms with van der Waals surface area (Å²) in [4.78, 5) is 16.5. The lowest BCUT2D eigenvalue weighted by atomic mass is 9.74. The van der Waals surface area contributed by atoms with Crippen LogP contribution in [0.5, 0.6) is 0 Å². The second-order valence-corrected chi connectivity index (χ2v) is 7.91. The van der Waals surface area contributed by atoms with Gasteiger partial charge in [-0.05, 0) is 57.5 Å². The maximum Gasteiger partial charge on any atom is 0.219 e. The van der Waals surface area contributed by atoms with Gasteiger partial charge in [-0.25, -0.2) is 0 Å². The Morgan fingerprint density at radius 2 is 1.86 bits per heavy atom. The van der Waals surface area contributed by atoms with Crippen LogP contribution in [0.3, 0.4) is 0 Å². The van der Waals surface area contributed by atoms with Crippen LogP contribution in [-0.2, 0) is 4.79 Å². The van der Waals surface area contributed by atoms with E-state index in [1.165, 1.54) is 51.6 Å². The standard InChI is InChI=1S/C17H30N2O2/c1-14(21)19-12-17(11-16(19,2)13-20)7-9-18(10-8-17)15-5-3-4-6-15/h15,20H,3-13H2,1-2H3/t16-/m0/s1. The van der Waals surface area contributed by atoms with Crippen molar-refractivity contribution in [2.75, 3.05) is 26.2 Å². The Bertz CT molecular complexity index is 398. The van der Waals surface area contributed by atoms with Crippen LogP contribution in [0.1, 0.15) is 58.8 Å². The number of hydrogen-bond donors (Lipinski definition) is 1. The molecular weight excluding hydrogens is 264 g/mol. The first-order valence-corrected chi connectivity index (χ1v) is 8.61. The Morgan fingerprint density at radius 3 is 2.33 bits per heavy atom. The molecule has 1 atom stereocenters. The van der Waals surface area contributed by atoms with E-state index in [2.05, 4.69) is 4.90 Å². The summed E-state index contributed by atoms with van der Waals surface area (Å²) in [5.41, 5.74) is -0.0976. The number of rotatable bonds is 2. The van der Waals surface area contributed by atoms with Gasteiger partial charge in [0.1, 0.15) is 0 Å². The first kappa shape index (κ1) is 15.3. The van der Waals surface area contributed by atoms with Crippen LogP contribution >= 0.6 is 0 Å².